The smallest absolute Gasteiger partial charge is 0.422 e. The Balaban J connectivity index is 2.04. The van der Waals surface area contributed by atoms with Crippen molar-refractivity contribution in [2.24, 2.45) is 5.92 Å². The summed E-state index contributed by atoms with van der Waals surface area (Å²) in [6.45, 7) is 0.0943. The van der Waals surface area contributed by atoms with Crippen LogP contribution in [0.2, 0.25) is 0 Å². The van der Waals surface area contributed by atoms with Crippen molar-refractivity contribution >= 4 is 11.9 Å². The zero-order valence-corrected chi connectivity index (χ0v) is 15.0. The SMILES string of the molecule is Cc1cccc(CC(CNC(=O)c2cccnc2OCC(F)(F)F)C(=O)O)c1. The van der Waals surface area contributed by atoms with Crippen LogP contribution in [0.25, 0.3) is 0 Å². The van der Waals surface area contributed by atoms with Gasteiger partial charge in [-0.2, -0.15) is 13.2 Å². The van der Waals surface area contributed by atoms with E-state index in [0.717, 1.165) is 11.1 Å². The molecule has 6 nitrogen and oxygen atoms in total. The molecule has 9 heteroatoms. The molecule has 2 rings (SSSR count). The fourth-order valence-corrected chi connectivity index (χ4v) is 2.51. The van der Waals surface area contributed by atoms with Crippen molar-refractivity contribution in [3.05, 3.63) is 59.3 Å². The van der Waals surface area contributed by atoms with Crippen LogP contribution in [0, 0.1) is 12.8 Å². The van der Waals surface area contributed by atoms with Gasteiger partial charge in [-0.05, 0) is 31.0 Å². The predicted molar refractivity (Wildman–Crippen MR) is 94.1 cm³/mol. The maximum atomic E-state index is 12.3. The Labute approximate surface area is 159 Å². The summed E-state index contributed by atoms with van der Waals surface area (Å²) in [5.41, 5.74) is 1.58. The van der Waals surface area contributed by atoms with E-state index in [4.69, 9.17) is 0 Å². The van der Waals surface area contributed by atoms with E-state index in [2.05, 4.69) is 15.0 Å². The van der Waals surface area contributed by atoms with Crippen molar-refractivity contribution < 1.29 is 32.6 Å². The third-order valence-electron chi connectivity index (χ3n) is 3.81. The van der Waals surface area contributed by atoms with E-state index in [9.17, 15) is 27.9 Å². The number of carbonyl (C=O) groups is 2. The van der Waals surface area contributed by atoms with Crippen molar-refractivity contribution in [1.29, 1.82) is 0 Å². The first-order valence-electron chi connectivity index (χ1n) is 8.37. The molecule has 2 aromatic rings. The van der Waals surface area contributed by atoms with E-state index in [1.807, 2.05) is 25.1 Å². The topological polar surface area (TPSA) is 88.5 Å². The number of amides is 1. The third-order valence-corrected chi connectivity index (χ3v) is 3.81. The quantitative estimate of drug-likeness (QED) is 0.716. The first kappa shape index (κ1) is 21.2. The summed E-state index contributed by atoms with van der Waals surface area (Å²) in [5.74, 6) is -3.23. The first-order chi connectivity index (χ1) is 13.2. The van der Waals surface area contributed by atoms with Crippen molar-refractivity contribution in [1.82, 2.24) is 10.3 Å². The number of benzene rings is 1. The molecule has 1 amide bonds. The molecule has 1 heterocycles. The molecule has 0 aliphatic heterocycles. The number of carboxylic acids is 1. The summed E-state index contributed by atoms with van der Waals surface area (Å²) in [4.78, 5) is 27.5. The van der Waals surface area contributed by atoms with Crippen LogP contribution in [-0.2, 0) is 11.2 Å². The fourth-order valence-electron chi connectivity index (χ4n) is 2.51. The van der Waals surface area contributed by atoms with E-state index in [-0.39, 0.29) is 18.5 Å². The van der Waals surface area contributed by atoms with Crippen molar-refractivity contribution in [2.45, 2.75) is 19.5 Å². The highest BCUT2D eigenvalue weighted by atomic mass is 19.4. The summed E-state index contributed by atoms with van der Waals surface area (Å²) < 4.78 is 41.6. The van der Waals surface area contributed by atoms with Gasteiger partial charge in [-0.25, -0.2) is 4.98 Å². The molecule has 150 valence electrons. The Bertz CT molecular complexity index is 840. The highest BCUT2D eigenvalue weighted by Gasteiger charge is 2.30. The van der Waals surface area contributed by atoms with Gasteiger partial charge in [0.1, 0.15) is 5.56 Å². The predicted octanol–water partition coefficient (Wildman–Crippen LogP) is 3.00. The number of hydrogen-bond acceptors (Lipinski definition) is 4. The lowest BCUT2D eigenvalue weighted by Gasteiger charge is -2.15. The minimum Gasteiger partial charge on any atom is -0.481 e. The van der Waals surface area contributed by atoms with Crippen LogP contribution in [-0.4, -0.2) is 41.3 Å². The third kappa shape index (κ3) is 6.57. The number of ether oxygens (including phenoxy) is 1. The summed E-state index contributed by atoms with van der Waals surface area (Å²) in [7, 11) is 0. The first-order valence-corrected chi connectivity index (χ1v) is 8.37. The zero-order valence-electron chi connectivity index (χ0n) is 15.0. The number of aliphatic carboxylic acids is 1. The second-order valence-corrected chi connectivity index (χ2v) is 6.20. The number of hydrogen-bond donors (Lipinski definition) is 2. The molecular formula is C19H19F3N2O4. The molecule has 1 unspecified atom stereocenters. The number of carboxylic acid groups (broad SMARTS) is 1. The van der Waals surface area contributed by atoms with Crippen LogP contribution < -0.4 is 10.1 Å². The van der Waals surface area contributed by atoms with Gasteiger partial charge in [-0.1, -0.05) is 29.8 Å². The van der Waals surface area contributed by atoms with Crippen molar-refractivity contribution in [3.63, 3.8) is 0 Å². The summed E-state index contributed by atoms with van der Waals surface area (Å²) >= 11 is 0. The van der Waals surface area contributed by atoms with Crippen LogP contribution >= 0.6 is 0 Å². The highest BCUT2D eigenvalue weighted by molar-refractivity contribution is 5.96. The largest absolute Gasteiger partial charge is 0.481 e. The molecule has 1 aromatic heterocycles. The van der Waals surface area contributed by atoms with Gasteiger partial charge in [0, 0.05) is 12.7 Å². The van der Waals surface area contributed by atoms with E-state index in [1.54, 1.807) is 6.07 Å². The summed E-state index contributed by atoms with van der Waals surface area (Å²) in [5, 5.41) is 11.8. The maximum absolute atomic E-state index is 12.3. The van der Waals surface area contributed by atoms with Gasteiger partial charge in [-0.3, -0.25) is 9.59 Å². The van der Waals surface area contributed by atoms with Crippen LogP contribution in [0.3, 0.4) is 0 Å². The number of pyridine rings is 1. The van der Waals surface area contributed by atoms with Gasteiger partial charge >= 0.3 is 12.1 Å². The van der Waals surface area contributed by atoms with Crippen LogP contribution in [0.15, 0.2) is 42.6 Å². The molecule has 0 aliphatic carbocycles. The van der Waals surface area contributed by atoms with Gasteiger partial charge < -0.3 is 15.2 Å². The lowest BCUT2D eigenvalue weighted by molar-refractivity contribution is -0.154. The minimum absolute atomic E-state index is 0.196. The Morgan fingerprint density at radius 3 is 2.64 bits per heavy atom. The number of aryl methyl sites for hydroxylation is 1. The van der Waals surface area contributed by atoms with Crippen LogP contribution in [0.4, 0.5) is 13.2 Å². The number of nitrogens with one attached hydrogen (secondary N) is 1. The van der Waals surface area contributed by atoms with E-state index in [0.29, 0.717) is 0 Å². The number of rotatable bonds is 8. The molecule has 0 fully saturated rings. The molecule has 1 aromatic carbocycles. The number of halogens is 3. The molecule has 1 atom stereocenters. The van der Waals surface area contributed by atoms with Gasteiger partial charge in [0.25, 0.3) is 5.91 Å². The standard InChI is InChI=1S/C19H19F3N2O4/c1-12-4-2-5-13(8-12)9-14(18(26)27)10-24-16(25)15-6-3-7-23-17(15)28-11-19(20,21)22/h2-8,14H,9-11H2,1H3,(H,24,25)(H,26,27). The maximum Gasteiger partial charge on any atom is 0.422 e. The van der Waals surface area contributed by atoms with Gasteiger partial charge in [-0.15, -0.1) is 0 Å². The minimum atomic E-state index is -4.58. The van der Waals surface area contributed by atoms with Crippen molar-refractivity contribution in [3.8, 4) is 5.88 Å². The molecule has 2 N–H and O–H groups in total. The van der Waals surface area contributed by atoms with E-state index in [1.165, 1.54) is 18.3 Å². The fraction of sp³-hybridized carbons (Fsp3) is 0.316. The van der Waals surface area contributed by atoms with Crippen LogP contribution in [0.5, 0.6) is 5.88 Å². The number of alkyl halides is 3. The van der Waals surface area contributed by atoms with Crippen molar-refractivity contribution in [2.75, 3.05) is 13.2 Å². The second kappa shape index (κ2) is 9.20. The average molecular weight is 396 g/mol. The van der Waals surface area contributed by atoms with Gasteiger partial charge in [0.15, 0.2) is 6.61 Å². The number of carbonyl (C=O) groups excluding carboxylic acids is 1. The monoisotopic (exact) mass is 396 g/mol. The molecule has 28 heavy (non-hydrogen) atoms. The number of aromatic nitrogens is 1. The Morgan fingerprint density at radius 1 is 1.25 bits per heavy atom. The molecular weight excluding hydrogens is 377 g/mol. The molecule has 0 aliphatic rings. The van der Waals surface area contributed by atoms with E-state index >= 15 is 0 Å². The summed E-state index contributed by atoms with van der Waals surface area (Å²) in [6.07, 6.45) is -3.18. The normalized spacial score (nSPS) is 12.3. The molecule has 0 spiro atoms. The Hall–Kier alpha value is -3.10. The molecule has 0 saturated heterocycles. The average Bonchev–Trinajstić information content (AvgIpc) is 2.62. The molecule has 0 saturated carbocycles. The number of nitrogens with zero attached hydrogens (tertiary/aromatic N) is 1. The highest BCUT2D eigenvalue weighted by Crippen LogP contribution is 2.20. The molecule has 0 radical (unpaired) electrons. The zero-order chi connectivity index (χ0) is 20.7. The van der Waals surface area contributed by atoms with E-state index < -0.39 is 36.5 Å². The Kier molecular flexibility index (Phi) is 6.97. The Morgan fingerprint density at radius 2 is 2.00 bits per heavy atom. The van der Waals surface area contributed by atoms with Gasteiger partial charge in [0.2, 0.25) is 5.88 Å². The van der Waals surface area contributed by atoms with Crippen LogP contribution in [0.1, 0.15) is 21.5 Å². The second-order valence-electron chi connectivity index (χ2n) is 6.20. The molecule has 0 bridgehead atoms. The van der Waals surface area contributed by atoms with Gasteiger partial charge in [0.05, 0.1) is 5.92 Å². The lowest BCUT2D eigenvalue weighted by Crippen LogP contribution is -2.34. The summed E-state index contributed by atoms with van der Waals surface area (Å²) in [6, 6.07) is 9.95. The lowest BCUT2D eigenvalue weighted by atomic mass is 9.98.